The Morgan fingerprint density at radius 3 is 2.75 bits per heavy atom. The number of likely N-dealkylation sites (tertiary alicyclic amines) is 1. The average Bonchev–Trinajstić information content (AvgIpc) is 3.52. The Kier molecular flexibility index (Phi) is 7.87. The van der Waals surface area contributed by atoms with Crippen LogP contribution in [0.3, 0.4) is 0 Å². The first kappa shape index (κ1) is 27.4. The van der Waals surface area contributed by atoms with Gasteiger partial charge in [0.2, 0.25) is 0 Å². The Morgan fingerprint density at radius 2 is 2.08 bits per heavy atom. The number of anilines is 1. The lowest BCUT2D eigenvalue weighted by Gasteiger charge is -2.35. The molecule has 0 radical (unpaired) electrons. The summed E-state index contributed by atoms with van der Waals surface area (Å²) in [5.41, 5.74) is 7.49. The van der Waals surface area contributed by atoms with Crippen LogP contribution < -0.4 is 15.8 Å². The smallest absolute Gasteiger partial charge is 0.264 e. The van der Waals surface area contributed by atoms with Gasteiger partial charge in [0.05, 0.1) is 30.6 Å². The first-order chi connectivity index (χ1) is 19.2. The van der Waals surface area contributed by atoms with E-state index in [1.165, 1.54) is 6.07 Å². The highest BCUT2D eigenvalue weighted by atomic mass is 19.1. The quantitative estimate of drug-likeness (QED) is 0.270. The van der Waals surface area contributed by atoms with E-state index in [1.807, 2.05) is 32.0 Å². The number of hydrogen-bond donors (Lipinski definition) is 3. The van der Waals surface area contributed by atoms with E-state index < -0.39 is 11.4 Å². The number of para-hydroxylation sites is 1. The van der Waals surface area contributed by atoms with Crippen LogP contribution in [0.2, 0.25) is 0 Å². The van der Waals surface area contributed by atoms with Crippen molar-refractivity contribution in [1.82, 2.24) is 20.4 Å². The van der Waals surface area contributed by atoms with Crippen molar-refractivity contribution in [2.24, 2.45) is 0 Å². The molecule has 0 spiro atoms. The highest BCUT2D eigenvalue weighted by Gasteiger charge is 2.34. The monoisotopic (exact) mass is 544 g/mol. The number of aromatic nitrogens is 2. The normalized spacial score (nSPS) is 17.9. The van der Waals surface area contributed by atoms with Gasteiger partial charge in [0.25, 0.3) is 5.91 Å². The minimum absolute atomic E-state index is 0.0998. The van der Waals surface area contributed by atoms with Gasteiger partial charge in [0.15, 0.2) is 0 Å². The molecule has 3 heterocycles. The van der Waals surface area contributed by atoms with Gasteiger partial charge in [0.1, 0.15) is 34.7 Å². The van der Waals surface area contributed by atoms with Gasteiger partial charge >= 0.3 is 0 Å². The molecule has 1 amide bonds. The van der Waals surface area contributed by atoms with Gasteiger partial charge in [-0.1, -0.05) is 18.2 Å². The zero-order chi connectivity index (χ0) is 28.3. The minimum atomic E-state index is -0.543. The Hall–Kier alpha value is -4.20. The predicted octanol–water partition coefficient (Wildman–Crippen LogP) is 4.34. The van der Waals surface area contributed by atoms with E-state index in [0.717, 1.165) is 12.8 Å². The summed E-state index contributed by atoms with van der Waals surface area (Å²) in [4.78, 5) is 15.1. The minimum Gasteiger partial charge on any atom is -0.457 e. The van der Waals surface area contributed by atoms with Crippen molar-refractivity contribution in [2.45, 2.75) is 50.7 Å². The third-order valence-electron chi connectivity index (χ3n) is 7.21. The van der Waals surface area contributed by atoms with Crippen LogP contribution in [0, 0.1) is 17.1 Å². The van der Waals surface area contributed by atoms with Gasteiger partial charge in [0, 0.05) is 36.2 Å². The molecular formula is C30H33FN6O3. The molecular weight excluding hydrogens is 511 g/mol. The zero-order valence-electron chi connectivity index (χ0n) is 22.6. The summed E-state index contributed by atoms with van der Waals surface area (Å²) in [6.45, 7) is 5.65. The molecule has 2 aliphatic heterocycles. The van der Waals surface area contributed by atoms with E-state index in [-0.39, 0.29) is 29.1 Å². The predicted molar refractivity (Wildman–Crippen MR) is 149 cm³/mol. The summed E-state index contributed by atoms with van der Waals surface area (Å²) < 4.78 is 26.0. The topological polar surface area (TPSA) is 129 Å². The van der Waals surface area contributed by atoms with Crippen molar-refractivity contribution in [1.29, 1.82) is 5.26 Å². The van der Waals surface area contributed by atoms with Crippen LogP contribution in [-0.2, 0) is 16.0 Å². The fraction of sp³-hybridized carbons (Fsp3) is 0.367. The third kappa shape index (κ3) is 6.01. The molecule has 0 bridgehead atoms. The highest BCUT2D eigenvalue weighted by molar-refractivity contribution is 5.97. The highest BCUT2D eigenvalue weighted by Crippen LogP contribution is 2.33. The molecule has 0 aliphatic carbocycles. The Morgan fingerprint density at radius 1 is 1.30 bits per heavy atom. The summed E-state index contributed by atoms with van der Waals surface area (Å²) in [5, 5.41) is 20.5. The second-order valence-corrected chi connectivity index (χ2v) is 10.8. The van der Waals surface area contributed by atoms with E-state index in [2.05, 4.69) is 21.6 Å². The van der Waals surface area contributed by atoms with Gasteiger partial charge in [-0.3, -0.25) is 9.89 Å². The molecule has 1 atom stereocenters. The fourth-order valence-electron chi connectivity index (χ4n) is 5.22. The number of nitrogens with two attached hydrogens (primary N) is 1. The summed E-state index contributed by atoms with van der Waals surface area (Å²) in [5.74, 6) is 0.157. The lowest BCUT2D eigenvalue weighted by atomic mass is 9.98. The molecule has 1 aromatic heterocycles. The van der Waals surface area contributed by atoms with Crippen molar-refractivity contribution < 1.29 is 18.7 Å². The fourth-order valence-corrected chi connectivity index (χ4v) is 5.22. The number of carbonyl (C=O) groups is 1. The van der Waals surface area contributed by atoms with E-state index in [1.54, 1.807) is 35.2 Å². The number of rotatable bonds is 9. The van der Waals surface area contributed by atoms with Crippen LogP contribution in [0.15, 0.2) is 60.2 Å². The Bertz CT molecular complexity index is 1440. The third-order valence-corrected chi connectivity index (χ3v) is 7.21. The maximum absolute atomic E-state index is 15.1. The van der Waals surface area contributed by atoms with Gasteiger partial charge in [-0.05, 0) is 57.0 Å². The molecule has 4 N–H and O–H groups in total. The van der Waals surface area contributed by atoms with Crippen molar-refractivity contribution in [3.8, 4) is 28.8 Å². The van der Waals surface area contributed by atoms with E-state index >= 15 is 4.39 Å². The number of benzene rings is 2. The maximum Gasteiger partial charge on any atom is 0.264 e. The molecule has 2 aromatic carbocycles. The molecule has 9 nitrogen and oxygen atoms in total. The van der Waals surface area contributed by atoms with Gasteiger partial charge in [-0.25, -0.2) is 4.39 Å². The van der Waals surface area contributed by atoms with Crippen LogP contribution in [0.1, 0.15) is 32.4 Å². The second-order valence-electron chi connectivity index (χ2n) is 10.8. The number of ether oxygens (including phenoxy) is 2. The second kappa shape index (κ2) is 11.5. The molecule has 40 heavy (non-hydrogen) atoms. The molecule has 3 aromatic rings. The van der Waals surface area contributed by atoms with E-state index in [4.69, 9.17) is 15.2 Å². The van der Waals surface area contributed by atoms with Crippen molar-refractivity contribution in [2.75, 3.05) is 25.5 Å². The van der Waals surface area contributed by atoms with E-state index in [9.17, 15) is 10.1 Å². The number of carbonyl (C=O) groups excluding carboxylic acids is 1. The van der Waals surface area contributed by atoms with Crippen molar-refractivity contribution >= 4 is 11.6 Å². The van der Waals surface area contributed by atoms with E-state index in [0.29, 0.717) is 54.8 Å². The number of amides is 1. The molecule has 208 valence electrons. The van der Waals surface area contributed by atoms with Gasteiger partial charge < -0.3 is 25.4 Å². The SMILES string of the molecule is CC(C)(C=C(C#N)C(=O)N1CCC[C@@H]1Cc1[nH]nc(-c2ccc(Oc3ccccc3)cc2F)c1N)NC1COC1. The van der Waals surface area contributed by atoms with Crippen LogP contribution in [-0.4, -0.2) is 58.4 Å². The van der Waals surface area contributed by atoms with Gasteiger partial charge in [-0.15, -0.1) is 0 Å². The molecule has 5 rings (SSSR count). The lowest BCUT2D eigenvalue weighted by Crippen LogP contribution is -2.54. The number of aromatic amines is 1. The largest absolute Gasteiger partial charge is 0.457 e. The number of nitrogen functional groups attached to an aromatic ring is 1. The van der Waals surface area contributed by atoms with Crippen LogP contribution >= 0.6 is 0 Å². The number of hydrogen-bond acceptors (Lipinski definition) is 7. The first-order valence-corrected chi connectivity index (χ1v) is 13.4. The summed E-state index contributed by atoms with van der Waals surface area (Å²) in [7, 11) is 0. The van der Waals surface area contributed by atoms with Gasteiger partial charge in [-0.2, -0.15) is 10.4 Å². The lowest BCUT2D eigenvalue weighted by molar-refractivity contribution is -0.127. The summed E-state index contributed by atoms with van der Waals surface area (Å²) in [6.07, 6.45) is 3.69. The number of nitriles is 1. The van der Waals surface area contributed by atoms with Crippen molar-refractivity contribution in [3.05, 3.63) is 71.7 Å². The molecule has 2 saturated heterocycles. The Labute approximate surface area is 232 Å². The maximum atomic E-state index is 15.1. The average molecular weight is 545 g/mol. The number of nitrogens with zero attached hydrogens (tertiary/aromatic N) is 3. The number of nitrogens with one attached hydrogen (secondary N) is 2. The van der Waals surface area contributed by atoms with Crippen LogP contribution in [0.25, 0.3) is 11.3 Å². The molecule has 0 unspecified atom stereocenters. The molecule has 0 saturated carbocycles. The molecule has 10 heteroatoms. The molecule has 2 aliphatic rings. The Balaban J connectivity index is 1.29. The van der Waals surface area contributed by atoms with Crippen molar-refractivity contribution in [3.63, 3.8) is 0 Å². The standard InChI is InChI=1S/C30H33FN6O3/c1-30(2,34-20-17-39-18-20)15-19(16-32)29(38)37-12-6-7-21(37)13-26-27(33)28(36-35-26)24-11-10-23(14-25(24)31)40-22-8-4-3-5-9-22/h3-5,8-11,14-15,20-21,34H,6-7,12-13,17-18,33H2,1-2H3,(H,35,36)/t21-/m1/s1. The van der Waals surface area contributed by atoms with Crippen LogP contribution in [0.4, 0.5) is 10.1 Å². The molecule has 2 fully saturated rings. The van der Waals surface area contributed by atoms with Crippen LogP contribution in [0.5, 0.6) is 11.5 Å². The zero-order valence-corrected chi connectivity index (χ0v) is 22.6. The number of H-pyrrole nitrogens is 1. The summed E-state index contributed by atoms with van der Waals surface area (Å²) in [6, 6.07) is 15.8. The number of halogens is 1. The summed E-state index contributed by atoms with van der Waals surface area (Å²) >= 11 is 0. The first-order valence-electron chi connectivity index (χ1n) is 13.4.